The Morgan fingerprint density at radius 3 is 1.87 bits per heavy atom. The molecule has 0 radical (unpaired) electrons. The van der Waals surface area contributed by atoms with Gasteiger partial charge in [0.1, 0.15) is 0 Å². The average molecular weight is 781 g/mol. The van der Waals surface area contributed by atoms with Gasteiger partial charge in [-0.25, -0.2) is 0 Å². The van der Waals surface area contributed by atoms with E-state index in [1.54, 1.807) is 0 Å². The Labute approximate surface area is 357 Å². The minimum absolute atomic E-state index is 0.411. The molecule has 2 heteroatoms. The normalized spacial score (nSPS) is 13.8. The van der Waals surface area contributed by atoms with Gasteiger partial charge in [-0.1, -0.05) is 171 Å². The smallest absolute Gasteiger partial charge is 0.0547 e. The minimum Gasteiger partial charge on any atom is -0.310 e. The van der Waals surface area contributed by atoms with Crippen molar-refractivity contribution in [1.82, 2.24) is 4.57 Å². The number of nitrogens with zero attached hydrogens (tertiary/aromatic N) is 2. The molecule has 0 aliphatic heterocycles. The molecule has 1 atom stereocenters. The number of anilines is 3. The van der Waals surface area contributed by atoms with Gasteiger partial charge in [-0.05, 0) is 129 Å². The highest BCUT2D eigenvalue weighted by Crippen LogP contribution is 2.45. The molecule has 2 nitrogen and oxygen atoms in total. The fourth-order valence-electron chi connectivity index (χ4n) is 9.41. The lowest BCUT2D eigenvalue weighted by atomic mass is 9.87. The van der Waals surface area contributed by atoms with Gasteiger partial charge in [0.15, 0.2) is 0 Å². The van der Waals surface area contributed by atoms with E-state index in [9.17, 15) is 0 Å². The van der Waals surface area contributed by atoms with Crippen molar-refractivity contribution in [2.45, 2.75) is 13.3 Å². The van der Waals surface area contributed by atoms with Gasteiger partial charge in [-0.15, -0.1) is 0 Å². The van der Waals surface area contributed by atoms with Crippen molar-refractivity contribution in [3.63, 3.8) is 0 Å². The van der Waals surface area contributed by atoms with Gasteiger partial charge in [-0.2, -0.15) is 0 Å². The van der Waals surface area contributed by atoms with Crippen LogP contribution in [0.1, 0.15) is 18.9 Å². The second kappa shape index (κ2) is 15.5. The SMILES string of the molecule is CC1CC=CC=C1c1ccccc1N(c1ccc(-c2cccc(-c3ccccc3)c2)cc1)c1cccc(-c2cccc3c2c2cc4ccccc4cc2n3-c2ccccc2)c1. The molecule has 0 saturated heterocycles. The first-order chi connectivity index (χ1) is 30.2. The molecular formula is C59H44N2. The molecule has 10 aromatic rings. The maximum atomic E-state index is 2.45. The van der Waals surface area contributed by atoms with E-state index in [2.05, 4.69) is 247 Å². The Kier molecular flexibility index (Phi) is 9.24. The zero-order valence-corrected chi connectivity index (χ0v) is 34.1. The van der Waals surface area contributed by atoms with Crippen LogP contribution in [0.15, 0.2) is 231 Å². The Morgan fingerprint density at radius 1 is 0.459 bits per heavy atom. The highest BCUT2D eigenvalue weighted by molar-refractivity contribution is 6.18. The standard InChI is InChI=1S/C59H44N2/c1-41-17-8-11-28-52(41)54-29-12-13-31-56(54)60(50-35-33-43(34-36-50)45-23-14-22-44(37-45)42-18-4-2-5-19-42)51-27-15-24-48(38-51)53-30-16-32-57-59(53)55-39-46-20-9-10-21-47(46)40-58(55)61(57)49-25-6-3-7-26-49/h2-16,18-41H,17H2,1H3. The van der Waals surface area contributed by atoms with Crippen molar-refractivity contribution in [2.75, 3.05) is 4.90 Å². The molecule has 9 aromatic carbocycles. The van der Waals surface area contributed by atoms with Crippen LogP contribution in [0.2, 0.25) is 0 Å². The predicted octanol–water partition coefficient (Wildman–Crippen LogP) is 16.4. The quantitative estimate of drug-likeness (QED) is 0.149. The van der Waals surface area contributed by atoms with E-state index in [1.807, 2.05) is 0 Å². The van der Waals surface area contributed by atoms with Gasteiger partial charge in [0.25, 0.3) is 0 Å². The van der Waals surface area contributed by atoms with Crippen molar-refractivity contribution in [3.8, 4) is 39.1 Å². The van der Waals surface area contributed by atoms with Crippen molar-refractivity contribution in [2.24, 2.45) is 5.92 Å². The fourth-order valence-corrected chi connectivity index (χ4v) is 9.41. The van der Waals surface area contributed by atoms with E-state index in [4.69, 9.17) is 0 Å². The molecular weight excluding hydrogens is 737 g/mol. The van der Waals surface area contributed by atoms with E-state index < -0.39 is 0 Å². The van der Waals surface area contributed by atoms with Crippen LogP contribution >= 0.6 is 0 Å². The third kappa shape index (κ3) is 6.63. The first-order valence-electron chi connectivity index (χ1n) is 21.3. The first kappa shape index (κ1) is 36.4. The van der Waals surface area contributed by atoms with Crippen LogP contribution in [0.25, 0.3) is 77.2 Å². The van der Waals surface area contributed by atoms with Crippen LogP contribution in [-0.4, -0.2) is 4.57 Å². The van der Waals surface area contributed by atoms with Crippen LogP contribution < -0.4 is 4.90 Å². The summed E-state index contributed by atoms with van der Waals surface area (Å²) in [6.07, 6.45) is 7.83. The number of benzene rings is 9. The van der Waals surface area contributed by atoms with Crippen molar-refractivity contribution < 1.29 is 0 Å². The molecule has 0 bridgehead atoms. The lowest BCUT2D eigenvalue weighted by Crippen LogP contribution is -2.13. The summed E-state index contributed by atoms with van der Waals surface area (Å²) in [7, 11) is 0. The van der Waals surface area contributed by atoms with E-state index >= 15 is 0 Å². The molecule has 1 heterocycles. The number of fused-ring (bicyclic) bond motifs is 4. The van der Waals surface area contributed by atoms with E-state index in [-0.39, 0.29) is 0 Å². The summed E-state index contributed by atoms with van der Waals surface area (Å²) in [6, 6.07) is 77.6. The summed E-state index contributed by atoms with van der Waals surface area (Å²) in [4.78, 5) is 2.45. The summed E-state index contributed by atoms with van der Waals surface area (Å²) in [6.45, 7) is 2.34. The second-order valence-corrected chi connectivity index (χ2v) is 16.2. The van der Waals surface area contributed by atoms with Gasteiger partial charge in [0.2, 0.25) is 0 Å². The summed E-state index contributed by atoms with van der Waals surface area (Å²) >= 11 is 0. The number of rotatable bonds is 8. The van der Waals surface area contributed by atoms with Gasteiger partial charge < -0.3 is 9.47 Å². The van der Waals surface area contributed by atoms with Gasteiger partial charge in [-0.3, -0.25) is 0 Å². The summed E-state index contributed by atoms with van der Waals surface area (Å²) < 4.78 is 2.43. The predicted molar refractivity (Wildman–Crippen MR) is 260 cm³/mol. The molecule has 1 aliphatic carbocycles. The topological polar surface area (TPSA) is 8.17 Å². The largest absolute Gasteiger partial charge is 0.310 e. The Bertz CT molecular complexity index is 3280. The van der Waals surface area contributed by atoms with Crippen LogP contribution in [-0.2, 0) is 0 Å². The first-order valence-corrected chi connectivity index (χ1v) is 21.3. The van der Waals surface area contributed by atoms with Crippen LogP contribution in [0.4, 0.5) is 17.1 Å². The molecule has 290 valence electrons. The molecule has 0 amide bonds. The monoisotopic (exact) mass is 780 g/mol. The maximum absolute atomic E-state index is 2.45. The fraction of sp³-hybridized carbons (Fsp3) is 0.0508. The van der Waals surface area contributed by atoms with Crippen LogP contribution in [0.3, 0.4) is 0 Å². The zero-order valence-electron chi connectivity index (χ0n) is 34.1. The highest BCUT2D eigenvalue weighted by Gasteiger charge is 2.23. The molecule has 61 heavy (non-hydrogen) atoms. The Morgan fingerprint density at radius 2 is 1.08 bits per heavy atom. The number of hydrogen-bond donors (Lipinski definition) is 0. The molecule has 0 N–H and O–H groups in total. The van der Waals surface area contributed by atoms with Crippen LogP contribution in [0, 0.1) is 5.92 Å². The average Bonchev–Trinajstić information content (AvgIpc) is 3.65. The molecule has 0 saturated carbocycles. The van der Waals surface area contributed by atoms with E-state index in [0.29, 0.717) is 5.92 Å². The van der Waals surface area contributed by atoms with E-state index in [1.165, 1.54) is 77.1 Å². The van der Waals surface area contributed by atoms with Crippen molar-refractivity contribution in [1.29, 1.82) is 0 Å². The number of aromatic nitrogens is 1. The summed E-state index contributed by atoms with van der Waals surface area (Å²) in [5, 5.41) is 4.98. The zero-order chi connectivity index (χ0) is 40.7. The van der Waals surface area contributed by atoms with Crippen LogP contribution in [0.5, 0.6) is 0 Å². The lowest BCUT2D eigenvalue weighted by Gasteiger charge is -2.30. The molecule has 0 spiro atoms. The molecule has 1 unspecified atom stereocenters. The molecule has 0 fully saturated rings. The molecule has 1 aromatic heterocycles. The minimum atomic E-state index is 0.411. The maximum Gasteiger partial charge on any atom is 0.0547 e. The van der Waals surface area contributed by atoms with Gasteiger partial charge >= 0.3 is 0 Å². The Hall–Kier alpha value is -7.68. The summed E-state index contributed by atoms with van der Waals surface area (Å²) in [5.41, 5.74) is 16.8. The third-order valence-electron chi connectivity index (χ3n) is 12.4. The number of allylic oxidation sites excluding steroid dienone is 4. The van der Waals surface area contributed by atoms with Gasteiger partial charge in [0, 0.05) is 33.4 Å². The Balaban J connectivity index is 1.09. The molecule has 11 rings (SSSR count). The highest BCUT2D eigenvalue weighted by atomic mass is 15.1. The van der Waals surface area contributed by atoms with Crippen molar-refractivity contribution in [3.05, 3.63) is 236 Å². The lowest BCUT2D eigenvalue weighted by molar-refractivity contribution is 0.758. The van der Waals surface area contributed by atoms with Crippen molar-refractivity contribution >= 4 is 55.2 Å². The molecule has 1 aliphatic rings. The number of hydrogen-bond acceptors (Lipinski definition) is 1. The van der Waals surface area contributed by atoms with Gasteiger partial charge in [0.05, 0.1) is 16.7 Å². The van der Waals surface area contributed by atoms with E-state index in [0.717, 1.165) is 29.2 Å². The number of para-hydroxylation sites is 2. The summed E-state index contributed by atoms with van der Waals surface area (Å²) in [5.74, 6) is 0.411. The third-order valence-corrected chi connectivity index (χ3v) is 12.4. The second-order valence-electron chi connectivity index (χ2n) is 16.2.